The van der Waals surface area contributed by atoms with E-state index in [4.69, 9.17) is 9.47 Å². The van der Waals surface area contributed by atoms with Gasteiger partial charge in [-0.2, -0.15) is 0 Å². The van der Waals surface area contributed by atoms with Gasteiger partial charge in [-0.05, 0) is 66.6 Å². The summed E-state index contributed by atoms with van der Waals surface area (Å²) in [4.78, 5) is 13.5. The zero-order valence-electron chi connectivity index (χ0n) is 12.6. The van der Waals surface area contributed by atoms with Crippen LogP contribution in [-0.4, -0.2) is 36.8 Å². The first-order valence-corrected chi connectivity index (χ1v) is 8.11. The van der Waals surface area contributed by atoms with Crippen molar-refractivity contribution in [1.82, 2.24) is 4.90 Å². The molecule has 2 rings (SSSR count). The lowest BCUT2D eigenvalue weighted by atomic mass is 10.1. The Labute approximate surface area is 139 Å². The molecule has 0 aliphatic carbocycles. The van der Waals surface area contributed by atoms with Crippen LogP contribution in [0.25, 0.3) is 0 Å². The predicted octanol–water partition coefficient (Wildman–Crippen LogP) is 3.68. The number of rotatable bonds is 3. The summed E-state index contributed by atoms with van der Waals surface area (Å²) in [5, 5.41) is 0. The molecule has 1 unspecified atom stereocenters. The van der Waals surface area contributed by atoms with Crippen molar-refractivity contribution in [2.24, 2.45) is 0 Å². The van der Waals surface area contributed by atoms with Crippen molar-refractivity contribution >= 4 is 28.7 Å². The molecule has 1 aromatic rings. The van der Waals surface area contributed by atoms with Gasteiger partial charge in [-0.3, -0.25) is 0 Å². The van der Waals surface area contributed by atoms with Crippen LogP contribution < -0.4 is 4.74 Å². The van der Waals surface area contributed by atoms with Crippen LogP contribution in [0.2, 0.25) is 0 Å². The Morgan fingerprint density at radius 2 is 2.19 bits per heavy atom. The first kappa shape index (κ1) is 16.1. The minimum atomic E-state index is -0.286. The third kappa shape index (κ3) is 3.90. The van der Waals surface area contributed by atoms with Gasteiger partial charge in [-0.15, -0.1) is 0 Å². The number of hydrogen-bond acceptors (Lipinski definition) is 3. The molecule has 0 fully saturated rings. The van der Waals surface area contributed by atoms with Crippen molar-refractivity contribution in [2.45, 2.75) is 26.9 Å². The Morgan fingerprint density at radius 3 is 2.90 bits per heavy atom. The van der Waals surface area contributed by atoms with Crippen molar-refractivity contribution in [3.8, 4) is 5.75 Å². The highest BCUT2D eigenvalue weighted by atomic mass is 127. The molecule has 21 heavy (non-hydrogen) atoms. The lowest BCUT2D eigenvalue weighted by Gasteiger charge is -2.29. The van der Waals surface area contributed by atoms with E-state index in [1.165, 1.54) is 5.56 Å². The van der Waals surface area contributed by atoms with Crippen LogP contribution in [0.5, 0.6) is 5.75 Å². The Bertz CT molecular complexity index is 557. The van der Waals surface area contributed by atoms with Gasteiger partial charge in [0, 0.05) is 6.54 Å². The Kier molecular flexibility index (Phi) is 5.50. The molecule has 0 N–H and O–H groups in total. The van der Waals surface area contributed by atoms with Gasteiger partial charge in [-0.25, -0.2) is 4.79 Å². The smallest absolute Gasteiger partial charge is 0.410 e. The summed E-state index contributed by atoms with van der Waals surface area (Å²) in [5.74, 6) is 0.899. The van der Waals surface area contributed by atoms with Gasteiger partial charge in [0.2, 0.25) is 0 Å². The number of benzene rings is 1. The van der Waals surface area contributed by atoms with E-state index < -0.39 is 0 Å². The number of aryl methyl sites for hydroxylation is 1. The molecule has 0 saturated heterocycles. The van der Waals surface area contributed by atoms with Gasteiger partial charge < -0.3 is 14.4 Å². The lowest BCUT2D eigenvalue weighted by molar-refractivity contribution is 0.0926. The number of hydrogen-bond donors (Lipinski definition) is 0. The molecule has 1 heterocycles. The quantitative estimate of drug-likeness (QED) is 0.573. The summed E-state index contributed by atoms with van der Waals surface area (Å²) in [6.45, 7) is 7.41. The van der Waals surface area contributed by atoms with Gasteiger partial charge in [-0.1, -0.05) is 12.1 Å². The number of carbonyl (C=O) groups excluding carboxylic acids is 1. The van der Waals surface area contributed by atoms with Crippen LogP contribution in [0, 0.1) is 17.4 Å². The molecule has 0 bridgehead atoms. The highest BCUT2D eigenvalue weighted by molar-refractivity contribution is 14.1. The molecular weight excluding hydrogens is 381 g/mol. The molecule has 0 aromatic heterocycles. The number of nitrogens with zero attached hydrogens (tertiary/aromatic N) is 1. The summed E-state index contributed by atoms with van der Waals surface area (Å²) in [6.07, 6.45) is 3.53. The van der Waals surface area contributed by atoms with Crippen molar-refractivity contribution in [3.63, 3.8) is 0 Å². The fourth-order valence-electron chi connectivity index (χ4n) is 2.19. The summed E-state index contributed by atoms with van der Waals surface area (Å²) >= 11 is 2.28. The van der Waals surface area contributed by atoms with Crippen molar-refractivity contribution in [1.29, 1.82) is 0 Å². The Hall–Kier alpha value is -1.24. The zero-order valence-corrected chi connectivity index (χ0v) is 14.7. The van der Waals surface area contributed by atoms with Gasteiger partial charge in [0.15, 0.2) is 0 Å². The van der Waals surface area contributed by atoms with E-state index in [1.807, 2.05) is 25.1 Å². The fourth-order valence-corrected chi connectivity index (χ4v) is 2.90. The second-order valence-electron chi connectivity index (χ2n) is 5.01. The summed E-state index contributed by atoms with van der Waals surface area (Å²) in [6, 6.07) is 4.14. The minimum absolute atomic E-state index is 0.142. The highest BCUT2D eigenvalue weighted by Gasteiger charge is 2.23. The maximum atomic E-state index is 11.8. The summed E-state index contributed by atoms with van der Waals surface area (Å²) in [7, 11) is 0. The molecule has 1 atom stereocenters. The topological polar surface area (TPSA) is 38.8 Å². The fraction of sp³-hybridized carbons (Fsp3) is 0.438. The SMILES string of the molecule is CCOC(=O)N1CC=CC(Oc2c(I)ccc(C)c2C)C1. The van der Waals surface area contributed by atoms with E-state index >= 15 is 0 Å². The standard InChI is InChI=1S/C16H20INO3/c1-4-20-16(19)18-9-5-6-13(10-18)21-15-12(3)11(2)7-8-14(15)17/h5-8,13H,4,9-10H2,1-3H3. The van der Waals surface area contributed by atoms with Gasteiger partial charge in [0.25, 0.3) is 0 Å². The number of amides is 1. The molecular formula is C16H20INO3. The van der Waals surface area contributed by atoms with Crippen LogP contribution in [0.1, 0.15) is 18.1 Å². The maximum Gasteiger partial charge on any atom is 0.410 e. The Balaban J connectivity index is 2.10. The van der Waals surface area contributed by atoms with Crippen LogP contribution in [-0.2, 0) is 4.74 Å². The lowest BCUT2D eigenvalue weighted by Crippen LogP contribution is -2.42. The number of halogens is 1. The van der Waals surface area contributed by atoms with Crippen LogP contribution >= 0.6 is 22.6 Å². The number of carbonyl (C=O) groups is 1. The van der Waals surface area contributed by atoms with Crippen LogP contribution in [0.4, 0.5) is 4.79 Å². The third-order valence-electron chi connectivity index (χ3n) is 3.50. The minimum Gasteiger partial charge on any atom is -0.483 e. The monoisotopic (exact) mass is 401 g/mol. The van der Waals surface area contributed by atoms with Crippen molar-refractivity contribution in [2.75, 3.05) is 19.7 Å². The normalized spacial score (nSPS) is 17.7. The van der Waals surface area contributed by atoms with E-state index in [9.17, 15) is 4.79 Å². The van der Waals surface area contributed by atoms with Gasteiger partial charge in [0.1, 0.15) is 11.9 Å². The van der Waals surface area contributed by atoms with E-state index in [-0.39, 0.29) is 12.2 Å². The van der Waals surface area contributed by atoms with E-state index in [0.717, 1.165) is 14.9 Å². The van der Waals surface area contributed by atoms with E-state index in [0.29, 0.717) is 19.7 Å². The maximum absolute atomic E-state index is 11.8. The van der Waals surface area contributed by atoms with E-state index in [1.54, 1.807) is 4.90 Å². The molecule has 1 aliphatic heterocycles. The second kappa shape index (κ2) is 7.15. The number of ether oxygens (including phenoxy) is 2. The first-order chi connectivity index (χ1) is 10.0. The van der Waals surface area contributed by atoms with Crippen LogP contribution in [0.3, 0.4) is 0 Å². The molecule has 1 aliphatic rings. The Morgan fingerprint density at radius 1 is 1.43 bits per heavy atom. The first-order valence-electron chi connectivity index (χ1n) is 7.03. The highest BCUT2D eigenvalue weighted by Crippen LogP contribution is 2.29. The van der Waals surface area contributed by atoms with Gasteiger partial charge >= 0.3 is 6.09 Å². The van der Waals surface area contributed by atoms with E-state index in [2.05, 4.69) is 42.5 Å². The second-order valence-corrected chi connectivity index (χ2v) is 6.17. The molecule has 0 radical (unpaired) electrons. The average Bonchev–Trinajstić information content (AvgIpc) is 2.48. The van der Waals surface area contributed by atoms with Crippen molar-refractivity contribution in [3.05, 3.63) is 39.0 Å². The average molecular weight is 401 g/mol. The zero-order chi connectivity index (χ0) is 15.4. The molecule has 0 spiro atoms. The summed E-state index contributed by atoms with van der Waals surface area (Å²) < 4.78 is 12.2. The van der Waals surface area contributed by atoms with Crippen LogP contribution in [0.15, 0.2) is 24.3 Å². The molecule has 4 nitrogen and oxygen atoms in total. The molecule has 1 aromatic carbocycles. The summed E-state index contributed by atoms with van der Waals surface area (Å²) in [5.41, 5.74) is 2.34. The molecule has 0 saturated carbocycles. The van der Waals surface area contributed by atoms with Crippen molar-refractivity contribution < 1.29 is 14.3 Å². The molecule has 1 amide bonds. The third-order valence-corrected chi connectivity index (χ3v) is 4.35. The molecule has 5 heteroatoms. The predicted molar refractivity (Wildman–Crippen MR) is 90.8 cm³/mol. The largest absolute Gasteiger partial charge is 0.483 e. The molecule has 114 valence electrons. The van der Waals surface area contributed by atoms with Gasteiger partial charge in [0.05, 0.1) is 16.7 Å².